The summed E-state index contributed by atoms with van der Waals surface area (Å²) in [5, 5.41) is 3.62. The number of anilines is 1. The van der Waals surface area contributed by atoms with E-state index in [1.165, 1.54) is 0 Å². The summed E-state index contributed by atoms with van der Waals surface area (Å²) >= 11 is 3.43. The summed E-state index contributed by atoms with van der Waals surface area (Å²) < 4.78 is 6.38. The predicted molar refractivity (Wildman–Crippen MR) is 79.3 cm³/mol. The second kappa shape index (κ2) is 5.06. The summed E-state index contributed by atoms with van der Waals surface area (Å²) in [5.74, 6) is 0. The van der Waals surface area contributed by atoms with Crippen molar-refractivity contribution in [3.8, 4) is 0 Å². The molecule has 0 saturated carbocycles. The standard InChI is InChI=1S/C14H16BrN3O/c1-14(3-6-19-7-4-14)18-11-2-5-16-12-8-10(15)9-17-13(11)12/h2,5,8-9H,3-4,6-7H2,1H3,(H,16,18). The molecule has 1 fully saturated rings. The van der Waals surface area contributed by atoms with E-state index in [1.807, 2.05) is 24.5 Å². The third-order valence-electron chi connectivity index (χ3n) is 3.58. The third kappa shape index (κ3) is 2.72. The lowest BCUT2D eigenvalue weighted by molar-refractivity contribution is 0.0658. The molecule has 0 spiro atoms. The molecule has 1 aliphatic heterocycles. The fourth-order valence-corrected chi connectivity index (χ4v) is 2.70. The highest BCUT2D eigenvalue weighted by atomic mass is 79.9. The van der Waals surface area contributed by atoms with Gasteiger partial charge in [-0.25, -0.2) is 0 Å². The minimum Gasteiger partial charge on any atom is -0.381 e. The van der Waals surface area contributed by atoms with Crippen LogP contribution in [0.15, 0.2) is 29.0 Å². The van der Waals surface area contributed by atoms with Crippen LogP contribution in [0, 0.1) is 0 Å². The smallest absolute Gasteiger partial charge is 0.112 e. The summed E-state index contributed by atoms with van der Waals surface area (Å²) in [4.78, 5) is 8.84. The average Bonchev–Trinajstić information content (AvgIpc) is 2.39. The van der Waals surface area contributed by atoms with Gasteiger partial charge in [0.2, 0.25) is 0 Å². The number of pyridine rings is 2. The summed E-state index contributed by atoms with van der Waals surface area (Å²) in [6.07, 6.45) is 5.64. The van der Waals surface area contributed by atoms with Crippen molar-refractivity contribution >= 4 is 32.7 Å². The van der Waals surface area contributed by atoms with Gasteiger partial charge in [-0.05, 0) is 47.8 Å². The Balaban J connectivity index is 1.96. The summed E-state index contributed by atoms with van der Waals surface area (Å²) in [6, 6.07) is 3.98. The van der Waals surface area contributed by atoms with Gasteiger partial charge in [0.15, 0.2) is 0 Å². The van der Waals surface area contributed by atoms with Gasteiger partial charge in [-0.3, -0.25) is 9.97 Å². The first-order valence-electron chi connectivity index (χ1n) is 6.43. The number of fused-ring (bicyclic) bond motifs is 1. The molecule has 0 radical (unpaired) electrons. The minimum absolute atomic E-state index is 0.0707. The van der Waals surface area contributed by atoms with Crippen LogP contribution < -0.4 is 5.32 Å². The third-order valence-corrected chi connectivity index (χ3v) is 4.01. The van der Waals surface area contributed by atoms with Gasteiger partial charge in [0, 0.05) is 35.6 Å². The number of rotatable bonds is 2. The van der Waals surface area contributed by atoms with Gasteiger partial charge >= 0.3 is 0 Å². The summed E-state index contributed by atoms with van der Waals surface area (Å²) in [7, 11) is 0. The summed E-state index contributed by atoms with van der Waals surface area (Å²) in [5.41, 5.74) is 2.93. The SMILES string of the molecule is CC1(Nc2ccnc3cc(Br)cnc23)CCOCC1. The number of nitrogens with one attached hydrogen (secondary N) is 1. The molecule has 100 valence electrons. The van der Waals surface area contributed by atoms with Gasteiger partial charge in [-0.2, -0.15) is 0 Å². The lowest BCUT2D eigenvalue weighted by Gasteiger charge is -2.35. The van der Waals surface area contributed by atoms with E-state index < -0.39 is 0 Å². The first-order chi connectivity index (χ1) is 9.16. The van der Waals surface area contributed by atoms with Gasteiger partial charge < -0.3 is 10.1 Å². The Bertz CT molecular complexity index is 596. The average molecular weight is 322 g/mol. The van der Waals surface area contributed by atoms with Crippen molar-refractivity contribution in [2.45, 2.75) is 25.3 Å². The van der Waals surface area contributed by atoms with E-state index in [0.29, 0.717) is 0 Å². The molecule has 0 aromatic carbocycles. The van der Waals surface area contributed by atoms with E-state index >= 15 is 0 Å². The number of hydrogen-bond donors (Lipinski definition) is 1. The molecule has 0 bridgehead atoms. The maximum absolute atomic E-state index is 5.43. The molecule has 1 N–H and O–H groups in total. The molecule has 0 unspecified atom stereocenters. The van der Waals surface area contributed by atoms with Crippen molar-refractivity contribution in [2.75, 3.05) is 18.5 Å². The molecule has 3 rings (SSSR count). The van der Waals surface area contributed by atoms with Crippen molar-refractivity contribution in [3.63, 3.8) is 0 Å². The molecule has 5 heteroatoms. The Morgan fingerprint density at radius 3 is 2.89 bits per heavy atom. The molecule has 0 atom stereocenters. The highest BCUT2D eigenvalue weighted by Crippen LogP contribution is 2.29. The molecule has 1 aliphatic rings. The Morgan fingerprint density at radius 1 is 1.32 bits per heavy atom. The number of hydrogen-bond acceptors (Lipinski definition) is 4. The van der Waals surface area contributed by atoms with Gasteiger partial charge in [0.1, 0.15) is 5.52 Å². The molecule has 3 heterocycles. The number of aromatic nitrogens is 2. The maximum Gasteiger partial charge on any atom is 0.112 e. The Labute approximate surface area is 120 Å². The van der Waals surface area contributed by atoms with Crippen LogP contribution in [0.5, 0.6) is 0 Å². The quantitative estimate of drug-likeness (QED) is 0.921. The zero-order chi connectivity index (χ0) is 13.3. The lowest BCUT2D eigenvalue weighted by Crippen LogP contribution is -2.40. The van der Waals surface area contributed by atoms with Crippen LogP contribution in [0.4, 0.5) is 5.69 Å². The van der Waals surface area contributed by atoms with Gasteiger partial charge in [-0.15, -0.1) is 0 Å². The predicted octanol–water partition coefficient (Wildman–Crippen LogP) is 3.37. The topological polar surface area (TPSA) is 47.0 Å². The fraction of sp³-hybridized carbons (Fsp3) is 0.429. The Hall–Kier alpha value is -1.20. The molecule has 0 amide bonds. The number of nitrogens with zero attached hydrogens (tertiary/aromatic N) is 2. The Kier molecular flexibility index (Phi) is 3.41. The van der Waals surface area contributed by atoms with E-state index in [1.54, 1.807) is 0 Å². The molecular formula is C14H16BrN3O. The van der Waals surface area contributed by atoms with E-state index in [-0.39, 0.29) is 5.54 Å². The van der Waals surface area contributed by atoms with Crippen LogP contribution in [0.25, 0.3) is 11.0 Å². The van der Waals surface area contributed by atoms with Crippen molar-refractivity contribution in [3.05, 3.63) is 29.0 Å². The second-order valence-corrected chi connectivity index (χ2v) is 6.09. The van der Waals surface area contributed by atoms with Crippen molar-refractivity contribution in [2.24, 2.45) is 0 Å². The molecule has 2 aromatic rings. The van der Waals surface area contributed by atoms with E-state index in [2.05, 4.69) is 38.1 Å². The van der Waals surface area contributed by atoms with E-state index in [0.717, 1.165) is 47.2 Å². The lowest BCUT2D eigenvalue weighted by atomic mass is 9.92. The normalized spacial score (nSPS) is 18.4. The molecule has 2 aromatic heterocycles. The highest BCUT2D eigenvalue weighted by Gasteiger charge is 2.27. The first kappa shape index (κ1) is 12.8. The van der Waals surface area contributed by atoms with Crippen LogP contribution in [0.2, 0.25) is 0 Å². The van der Waals surface area contributed by atoms with Crippen LogP contribution in [-0.4, -0.2) is 28.7 Å². The zero-order valence-electron chi connectivity index (χ0n) is 10.8. The largest absolute Gasteiger partial charge is 0.381 e. The van der Waals surface area contributed by atoms with E-state index in [9.17, 15) is 0 Å². The summed E-state index contributed by atoms with van der Waals surface area (Å²) in [6.45, 7) is 3.86. The zero-order valence-corrected chi connectivity index (χ0v) is 12.4. The molecule has 1 saturated heterocycles. The first-order valence-corrected chi connectivity index (χ1v) is 7.22. The van der Waals surface area contributed by atoms with E-state index in [4.69, 9.17) is 4.74 Å². The van der Waals surface area contributed by atoms with Crippen molar-refractivity contribution in [1.29, 1.82) is 0 Å². The molecule has 19 heavy (non-hydrogen) atoms. The van der Waals surface area contributed by atoms with Gasteiger partial charge in [0.05, 0.1) is 11.2 Å². The highest BCUT2D eigenvalue weighted by molar-refractivity contribution is 9.10. The van der Waals surface area contributed by atoms with Crippen LogP contribution >= 0.6 is 15.9 Å². The monoisotopic (exact) mass is 321 g/mol. The maximum atomic E-state index is 5.43. The molecule has 0 aliphatic carbocycles. The van der Waals surface area contributed by atoms with Crippen LogP contribution in [0.3, 0.4) is 0 Å². The number of halogens is 1. The molecule has 4 nitrogen and oxygen atoms in total. The number of ether oxygens (including phenoxy) is 1. The van der Waals surface area contributed by atoms with Crippen LogP contribution in [-0.2, 0) is 4.74 Å². The van der Waals surface area contributed by atoms with Crippen molar-refractivity contribution < 1.29 is 4.74 Å². The van der Waals surface area contributed by atoms with Gasteiger partial charge in [-0.1, -0.05) is 0 Å². The Morgan fingerprint density at radius 2 is 2.11 bits per heavy atom. The second-order valence-electron chi connectivity index (χ2n) is 5.18. The fourth-order valence-electron chi connectivity index (χ4n) is 2.38. The van der Waals surface area contributed by atoms with Crippen molar-refractivity contribution in [1.82, 2.24) is 9.97 Å². The van der Waals surface area contributed by atoms with Gasteiger partial charge in [0.25, 0.3) is 0 Å². The minimum atomic E-state index is 0.0707. The molecular weight excluding hydrogens is 306 g/mol. The van der Waals surface area contributed by atoms with Crippen LogP contribution in [0.1, 0.15) is 19.8 Å².